The van der Waals surface area contributed by atoms with Crippen molar-refractivity contribution >= 4 is 5.91 Å². The molecule has 21 heavy (non-hydrogen) atoms. The molecule has 0 bridgehead atoms. The summed E-state index contributed by atoms with van der Waals surface area (Å²) in [4.78, 5) is 11.6. The van der Waals surface area contributed by atoms with E-state index in [2.05, 4.69) is 5.32 Å². The van der Waals surface area contributed by atoms with E-state index in [0.29, 0.717) is 5.75 Å². The van der Waals surface area contributed by atoms with E-state index in [1.54, 1.807) is 0 Å². The quantitative estimate of drug-likeness (QED) is 0.836. The van der Waals surface area contributed by atoms with Gasteiger partial charge in [-0.3, -0.25) is 10.1 Å². The number of benzene rings is 1. The van der Waals surface area contributed by atoms with E-state index in [-0.39, 0.29) is 11.3 Å². The van der Waals surface area contributed by atoms with Crippen LogP contribution in [0.3, 0.4) is 0 Å². The summed E-state index contributed by atoms with van der Waals surface area (Å²) in [6.07, 6.45) is -4.47. The normalized spacial score (nSPS) is 14.4. The van der Waals surface area contributed by atoms with Gasteiger partial charge in [-0.25, -0.2) is 0 Å². The van der Waals surface area contributed by atoms with E-state index in [4.69, 9.17) is 15.2 Å². The first-order chi connectivity index (χ1) is 9.64. The van der Waals surface area contributed by atoms with Crippen molar-refractivity contribution in [2.24, 2.45) is 5.73 Å². The van der Waals surface area contributed by atoms with Crippen LogP contribution in [0, 0.1) is 0 Å². The number of carbonyl (C=O) groups excluding carboxylic acids is 1. The second kappa shape index (κ2) is 6.21. The van der Waals surface area contributed by atoms with Gasteiger partial charge in [0.25, 0.3) is 0 Å². The van der Waals surface area contributed by atoms with Crippen molar-refractivity contribution < 1.29 is 27.4 Å². The minimum absolute atomic E-state index is 0.247. The van der Waals surface area contributed by atoms with Gasteiger partial charge in [0.2, 0.25) is 5.91 Å². The van der Waals surface area contributed by atoms with E-state index in [0.717, 1.165) is 0 Å². The second-order valence-electron chi connectivity index (χ2n) is 4.53. The lowest BCUT2D eigenvalue weighted by Crippen LogP contribution is -2.53. The first kappa shape index (κ1) is 17.1. The molecule has 1 aromatic rings. The van der Waals surface area contributed by atoms with Crippen LogP contribution in [0.2, 0.25) is 0 Å². The van der Waals surface area contributed by atoms with Crippen molar-refractivity contribution in [2.45, 2.75) is 18.6 Å². The van der Waals surface area contributed by atoms with Gasteiger partial charge in [-0.1, -0.05) is 6.07 Å². The summed E-state index contributed by atoms with van der Waals surface area (Å²) >= 11 is 0. The standard InChI is InChI=1S/C13H17F3N2O3/c1-12(11(17)19,18-7-13(14,15)16)8-4-5-9(20-2)10(6-8)21-3/h4-6,18H,7H2,1-3H3,(H2,17,19). The predicted octanol–water partition coefficient (Wildman–Crippen LogP) is 1.56. The van der Waals surface area contributed by atoms with E-state index in [1.807, 2.05) is 0 Å². The monoisotopic (exact) mass is 306 g/mol. The molecule has 1 rings (SSSR count). The van der Waals surface area contributed by atoms with Gasteiger partial charge in [0, 0.05) is 0 Å². The molecular formula is C13H17F3N2O3. The van der Waals surface area contributed by atoms with Crippen molar-refractivity contribution in [1.29, 1.82) is 0 Å². The summed E-state index contributed by atoms with van der Waals surface area (Å²) < 4.78 is 47.2. The van der Waals surface area contributed by atoms with Crippen molar-refractivity contribution in [3.05, 3.63) is 23.8 Å². The number of amides is 1. The van der Waals surface area contributed by atoms with Crippen molar-refractivity contribution in [1.82, 2.24) is 5.32 Å². The van der Waals surface area contributed by atoms with Crippen LogP contribution in [-0.4, -0.2) is 32.8 Å². The Bertz CT molecular complexity index is 520. The number of carbonyl (C=O) groups is 1. The lowest BCUT2D eigenvalue weighted by molar-refractivity contribution is -0.135. The minimum Gasteiger partial charge on any atom is -0.493 e. The Balaban J connectivity index is 3.19. The summed E-state index contributed by atoms with van der Waals surface area (Å²) in [6, 6.07) is 4.35. The molecule has 5 nitrogen and oxygen atoms in total. The van der Waals surface area contributed by atoms with Gasteiger partial charge in [0.1, 0.15) is 5.54 Å². The van der Waals surface area contributed by atoms with Gasteiger partial charge < -0.3 is 15.2 Å². The third-order valence-electron chi connectivity index (χ3n) is 3.10. The van der Waals surface area contributed by atoms with Crippen LogP contribution in [0.25, 0.3) is 0 Å². The van der Waals surface area contributed by atoms with Crippen LogP contribution in [0.15, 0.2) is 18.2 Å². The van der Waals surface area contributed by atoms with Gasteiger partial charge in [0.15, 0.2) is 11.5 Å². The first-order valence-electron chi connectivity index (χ1n) is 5.98. The molecule has 8 heteroatoms. The van der Waals surface area contributed by atoms with Crippen molar-refractivity contribution in [3.8, 4) is 11.5 Å². The Kier molecular flexibility index (Phi) is 5.06. The van der Waals surface area contributed by atoms with E-state index in [1.165, 1.54) is 39.3 Å². The number of halogens is 3. The van der Waals surface area contributed by atoms with Crippen molar-refractivity contribution in [2.75, 3.05) is 20.8 Å². The van der Waals surface area contributed by atoms with Gasteiger partial charge in [0.05, 0.1) is 20.8 Å². The second-order valence-corrected chi connectivity index (χ2v) is 4.53. The van der Waals surface area contributed by atoms with E-state index < -0.39 is 24.2 Å². The van der Waals surface area contributed by atoms with E-state index >= 15 is 0 Å². The highest BCUT2D eigenvalue weighted by Gasteiger charge is 2.38. The number of rotatable bonds is 6. The molecule has 0 heterocycles. The fraction of sp³-hybridized carbons (Fsp3) is 0.462. The molecule has 0 aliphatic heterocycles. The number of hydrogen-bond donors (Lipinski definition) is 2. The van der Waals surface area contributed by atoms with E-state index in [9.17, 15) is 18.0 Å². The Morgan fingerprint density at radius 2 is 1.81 bits per heavy atom. The number of nitrogens with one attached hydrogen (secondary N) is 1. The number of methoxy groups -OCH3 is 2. The Hall–Kier alpha value is -1.96. The number of primary amides is 1. The zero-order chi connectivity index (χ0) is 16.3. The maximum absolute atomic E-state index is 12.4. The summed E-state index contributed by atoms with van der Waals surface area (Å²) in [6.45, 7) is -0.0664. The molecule has 1 atom stereocenters. The average Bonchev–Trinajstić information content (AvgIpc) is 2.42. The maximum atomic E-state index is 12.4. The summed E-state index contributed by atoms with van der Waals surface area (Å²) in [5.41, 5.74) is 3.82. The number of nitrogens with two attached hydrogens (primary N) is 1. The van der Waals surface area contributed by atoms with Gasteiger partial charge >= 0.3 is 6.18 Å². The smallest absolute Gasteiger partial charge is 0.401 e. The largest absolute Gasteiger partial charge is 0.493 e. The number of hydrogen-bond acceptors (Lipinski definition) is 4. The highest BCUT2D eigenvalue weighted by atomic mass is 19.4. The lowest BCUT2D eigenvalue weighted by Gasteiger charge is -2.29. The fourth-order valence-corrected chi connectivity index (χ4v) is 1.76. The SMILES string of the molecule is COc1ccc(C(C)(NCC(F)(F)F)C(N)=O)cc1OC. The molecule has 0 fully saturated rings. The third kappa shape index (κ3) is 4.01. The average molecular weight is 306 g/mol. The Morgan fingerprint density at radius 3 is 2.24 bits per heavy atom. The maximum Gasteiger partial charge on any atom is 0.401 e. The lowest BCUT2D eigenvalue weighted by atomic mass is 9.90. The fourth-order valence-electron chi connectivity index (χ4n) is 1.76. The first-order valence-corrected chi connectivity index (χ1v) is 5.98. The summed E-state index contributed by atoms with van der Waals surface area (Å²) in [7, 11) is 2.80. The highest BCUT2D eigenvalue weighted by molar-refractivity contribution is 5.86. The molecule has 0 saturated heterocycles. The van der Waals surface area contributed by atoms with Crippen LogP contribution in [-0.2, 0) is 10.3 Å². The zero-order valence-electron chi connectivity index (χ0n) is 11.9. The molecule has 1 unspecified atom stereocenters. The van der Waals surface area contributed by atoms with Crippen LogP contribution >= 0.6 is 0 Å². The molecule has 0 aliphatic rings. The molecule has 3 N–H and O–H groups in total. The van der Waals surface area contributed by atoms with Crippen LogP contribution in [0.5, 0.6) is 11.5 Å². The van der Waals surface area contributed by atoms with Crippen LogP contribution in [0.1, 0.15) is 12.5 Å². The molecule has 0 aromatic heterocycles. The number of ether oxygens (including phenoxy) is 2. The third-order valence-corrected chi connectivity index (χ3v) is 3.10. The Labute approximate surface area is 120 Å². The Morgan fingerprint density at radius 1 is 1.24 bits per heavy atom. The summed E-state index contributed by atoms with van der Waals surface area (Å²) in [5, 5.41) is 2.14. The molecule has 0 radical (unpaired) electrons. The topological polar surface area (TPSA) is 73.6 Å². The number of alkyl halides is 3. The summed E-state index contributed by atoms with van der Waals surface area (Å²) in [5.74, 6) is -0.251. The molecule has 0 aliphatic carbocycles. The zero-order valence-corrected chi connectivity index (χ0v) is 11.9. The predicted molar refractivity (Wildman–Crippen MR) is 70.2 cm³/mol. The van der Waals surface area contributed by atoms with Crippen LogP contribution < -0.4 is 20.5 Å². The van der Waals surface area contributed by atoms with Gasteiger partial charge in [-0.2, -0.15) is 13.2 Å². The molecule has 0 saturated carbocycles. The molecule has 0 spiro atoms. The van der Waals surface area contributed by atoms with Gasteiger partial charge in [-0.15, -0.1) is 0 Å². The molecule has 1 aromatic carbocycles. The van der Waals surface area contributed by atoms with Crippen molar-refractivity contribution in [3.63, 3.8) is 0 Å². The highest BCUT2D eigenvalue weighted by Crippen LogP contribution is 2.32. The molecule has 118 valence electrons. The molecular weight excluding hydrogens is 289 g/mol. The minimum atomic E-state index is -4.47. The van der Waals surface area contributed by atoms with Crippen LogP contribution in [0.4, 0.5) is 13.2 Å². The van der Waals surface area contributed by atoms with Gasteiger partial charge in [-0.05, 0) is 24.6 Å². The molecule has 1 amide bonds.